The van der Waals surface area contributed by atoms with E-state index in [-0.39, 0.29) is 22.4 Å². The molecule has 1 aliphatic carbocycles. The Morgan fingerprint density at radius 1 is 1.43 bits per heavy atom. The summed E-state index contributed by atoms with van der Waals surface area (Å²) in [6, 6.07) is 4.79. The largest absolute Gasteiger partial charge is 0.598 e. The molecule has 0 heterocycles. The molecule has 3 nitrogen and oxygen atoms in total. The highest BCUT2D eigenvalue weighted by molar-refractivity contribution is 7.90. The number of hydrogen-bond acceptors (Lipinski definition) is 3. The van der Waals surface area contributed by atoms with Gasteiger partial charge in [-0.05, 0) is 52.5 Å². The topological polar surface area (TPSA) is 44.3 Å². The lowest BCUT2D eigenvalue weighted by molar-refractivity contribution is 0.283. The molecule has 1 saturated carbocycles. The molecule has 21 heavy (non-hydrogen) atoms. The van der Waals surface area contributed by atoms with Gasteiger partial charge in [-0.25, -0.2) is 4.39 Å². The SMILES string of the molecule is C[C@H](N[S@@+]([O-])C(C)(C)C)c1cccc(OCC2CC2)c1F. The Morgan fingerprint density at radius 3 is 2.67 bits per heavy atom. The molecule has 2 rings (SSSR count). The molecule has 118 valence electrons. The fourth-order valence-electron chi connectivity index (χ4n) is 1.87. The number of nitrogens with one attached hydrogen (secondary N) is 1. The Bertz CT molecular complexity index is 486. The van der Waals surface area contributed by atoms with Crippen LogP contribution in [0.4, 0.5) is 4.39 Å². The predicted molar refractivity (Wildman–Crippen MR) is 84.1 cm³/mol. The summed E-state index contributed by atoms with van der Waals surface area (Å²) in [5, 5.41) is 0. The van der Waals surface area contributed by atoms with E-state index in [1.54, 1.807) is 18.2 Å². The van der Waals surface area contributed by atoms with E-state index >= 15 is 0 Å². The van der Waals surface area contributed by atoms with Crippen molar-refractivity contribution in [3.05, 3.63) is 29.6 Å². The molecule has 1 aliphatic rings. The molecule has 2 atom stereocenters. The lowest BCUT2D eigenvalue weighted by Gasteiger charge is -2.26. The number of rotatable bonds is 6. The first-order valence-electron chi connectivity index (χ1n) is 7.38. The van der Waals surface area contributed by atoms with Gasteiger partial charge in [0.2, 0.25) is 0 Å². The molecule has 0 aromatic heterocycles. The highest BCUT2D eigenvalue weighted by Crippen LogP contribution is 2.32. The molecule has 1 fully saturated rings. The first-order chi connectivity index (χ1) is 9.79. The van der Waals surface area contributed by atoms with Crippen molar-refractivity contribution in [3.8, 4) is 5.75 Å². The van der Waals surface area contributed by atoms with Crippen LogP contribution in [0.1, 0.15) is 52.1 Å². The lowest BCUT2D eigenvalue weighted by Crippen LogP contribution is -2.40. The molecule has 5 heteroatoms. The molecule has 0 bridgehead atoms. The Kier molecular flexibility index (Phi) is 5.17. The second kappa shape index (κ2) is 6.55. The van der Waals surface area contributed by atoms with Gasteiger partial charge in [0, 0.05) is 16.9 Å². The molecule has 0 aliphatic heterocycles. The summed E-state index contributed by atoms with van der Waals surface area (Å²) in [5.74, 6) is 0.510. The maximum Gasteiger partial charge on any atom is 0.169 e. The van der Waals surface area contributed by atoms with Crippen molar-refractivity contribution in [2.24, 2.45) is 5.92 Å². The first kappa shape index (κ1) is 16.6. The zero-order valence-electron chi connectivity index (χ0n) is 13.1. The Morgan fingerprint density at radius 2 is 2.10 bits per heavy atom. The van der Waals surface area contributed by atoms with E-state index in [9.17, 15) is 8.94 Å². The molecule has 1 aromatic rings. The van der Waals surface area contributed by atoms with Gasteiger partial charge in [-0.1, -0.05) is 12.1 Å². The van der Waals surface area contributed by atoms with Crippen molar-refractivity contribution >= 4 is 11.4 Å². The van der Waals surface area contributed by atoms with Gasteiger partial charge in [0.25, 0.3) is 0 Å². The highest BCUT2D eigenvalue weighted by atomic mass is 32.2. The van der Waals surface area contributed by atoms with Gasteiger partial charge in [0.15, 0.2) is 11.6 Å². The second-order valence-electron chi connectivity index (χ2n) is 6.63. The maximum atomic E-state index is 14.5. The standard InChI is InChI=1S/C16H24FNO2S/c1-11(18-21(19)16(2,3)4)13-6-5-7-14(15(13)17)20-10-12-8-9-12/h5-7,11-12,18H,8-10H2,1-4H3/t11-,21-/m0/s1. The van der Waals surface area contributed by atoms with Gasteiger partial charge in [-0.15, -0.1) is 4.72 Å². The van der Waals surface area contributed by atoms with E-state index in [0.29, 0.717) is 18.1 Å². The minimum Gasteiger partial charge on any atom is -0.598 e. The van der Waals surface area contributed by atoms with Crippen molar-refractivity contribution in [1.82, 2.24) is 4.72 Å². The Balaban J connectivity index is 2.05. The fraction of sp³-hybridized carbons (Fsp3) is 0.625. The van der Waals surface area contributed by atoms with Crippen LogP contribution in [-0.4, -0.2) is 15.9 Å². The van der Waals surface area contributed by atoms with E-state index in [4.69, 9.17) is 4.74 Å². The number of ether oxygens (including phenoxy) is 1. The van der Waals surface area contributed by atoms with Crippen molar-refractivity contribution in [2.45, 2.75) is 51.3 Å². The molecular weight excluding hydrogens is 289 g/mol. The summed E-state index contributed by atoms with van der Waals surface area (Å²) in [7, 11) is 0. The van der Waals surface area contributed by atoms with Gasteiger partial charge in [-0.2, -0.15) is 0 Å². The van der Waals surface area contributed by atoms with Crippen molar-refractivity contribution in [2.75, 3.05) is 6.61 Å². The molecule has 0 unspecified atom stereocenters. The van der Waals surface area contributed by atoms with Gasteiger partial charge in [0.1, 0.15) is 4.75 Å². The number of benzene rings is 1. The summed E-state index contributed by atoms with van der Waals surface area (Å²) in [6.07, 6.45) is 2.34. The third kappa shape index (κ3) is 4.59. The van der Waals surface area contributed by atoms with Crippen LogP contribution in [-0.2, 0) is 11.4 Å². The quantitative estimate of drug-likeness (QED) is 0.814. The van der Waals surface area contributed by atoms with E-state index in [2.05, 4.69) is 4.72 Å². The van der Waals surface area contributed by atoms with E-state index in [1.807, 2.05) is 27.7 Å². The van der Waals surface area contributed by atoms with Gasteiger partial charge < -0.3 is 9.29 Å². The first-order valence-corrected chi connectivity index (χ1v) is 8.53. The zero-order valence-corrected chi connectivity index (χ0v) is 13.9. The minimum atomic E-state index is -1.24. The molecule has 0 radical (unpaired) electrons. The van der Waals surface area contributed by atoms with Crippen LogP contribution >= 0.6 is 0 Å². The second-order valence-corrected chi connectivity index (χ2v) is 8.63. The summed E-state index contributed by atoms with van der Waals surface area (Å²) >= 11 is -1.24. The Hall–Kier alpha value is -0.780. The van der Waals surface area contributed by atoms with Crippen LogP contribution in [0.25, 0.3) is 0 Å². The monoisotopic (exact) mass is 313 g/mol. The van der Waals surface area contributed by atoms with Crippen LogP contribution < -0.4 is 9.46 Å². The minimum absolute atomic E-state index is 0.287. The molecule has 0 spiro atoms. The van der Waals surface area contributed by atoms with E-state index < -0.39 is 11.4 Å². The number of hydrogen-bond donors (Lipinski definition) is 1. The van der Waals surface area contributed by atoms with Gasteiger partial charge in [0.05, 0.1) is 12.6 Å². The highest BCUT2D eigenvalue weighted by Gasteiger charge is 2.29. The molecule has 1 N–H and O–H groups in total. The van der Waals surface area contributed by atoms with E-state index in [1.165, 1.54) is 12.8 Å². The third-order valence-corrected chi connectivity index (χ3v) is 5.15. The maximum absolute atomic E-state index is 14.5. The predicted octanol–water partition coefficient (Wildman–Crippen LogP) is 3.73. The zero-order chi connectivity index (χ0) is 15.6. The molecular formula is C16H24FNO2S. The lowest BCUT2D eigenvalue weighted by atomic mass is 10.1. The Labute approximate surface area is 129 Å². The van der Waals surface area contributed by atoms with Gasteiger partial charge in [-0.3, -0.25) is 0 Å². The van der Waals surface area contributed by atoms with Crippen LogP contribution in [0, 0.1) is 11.7 Å². The van der Waals surface area contributed by atoms with Gasteiger partial charge >= 0.3 is 0 Å². The molecule has 0 amide bonds. The smallest absolute Gasteiger partial charge is 0.169 e. The van der Waals surface area contributed by atoms with E-state index in [0.717, 1.165) is 0 Å². The summed E-state index contributed by atoms with van der Waals surface area (Å²) in [4.78, 5) is 0. The number of halogens is 1. The molecule has 1 aromatic carbocycles. The van der Waals surface area contributed by atoms with Crippen LogP contribution in [0.3, 0.4) is 0 Å². The average molecular weight is 313 g/mol. The van der Waals surface area contributed by atoms with Crippen molar-refractivity contribution in [1.29, 1.82) is 0 Å². The molecule has 0 saturated heterocycles. The van der Waals surface area contributed by atoms with Crippen LogP contribution in [0.5, 0.6) is 5.75 Å². The summed E-state index contributed by atoms with van der Waals surface area (Å²) in [6.45, 7) is 8.04. The van der Waals surface area contributed by atoms with Crippen molar-refractivity contribution in [3.63, 3.8) is 0 Å². The summed E-state index contributed by atoms with van der Waals surface area (Å²) in [5.41, 5.74) is 0.487. The average Bonchev–Trinajstić information content (AvgIpc) is 3.20. The van der Waals surface area contributed by atoms with Crippen molar-refractivity contribution < 1.29 is 13.7 Å². The normalized spacial score (nSPS) is 18.4. The summed E-state index contributed by atoms with van der Waals surface area (Å²) < 4.78 is 34.7. The fourth-order valence-corrected chi connectivity index (χ4v) is 2.67. The third-order valence-electron chi connectivity index (χ3n) is 3.47. The van der Waals surface area contributed by atoms with Crippen LogP contribution in [0.2, 0.25) is 0 Å². The van der Waals surface area contributed by atoms with Crippen LogP contribution in [0.15, 0.2) is 18.2 Å².